The van der Waals surface area contributed by atoms with Crippen molar-refractivity contribution >= 4 is 17.3 Å². The van der Waals surface area contributed by atoms with Gasteiger partial charge in [-0.15, -0.1) is 11.3 Å². The summed E-state index contributed by atoms with van der Waals surface area (Å²) in [7, 11) is 1.77. The fourth-order valence-electron chi connectivity index (χ4n) is 2.04. The lowest BCUT2D eigenvalue weighted by Gasteiger charge is -2.10. The standard InChI is InChI=1S/C15H24N6OS/c1-10-11(2)23-14(19-10)7-9-18-15(16-4)17-8-5-6-13-20-12(3)21-22-13/h5-9H2,1-4H3,(H2,16,17,18). The van der Waals surface area contributed by atoms with Gasteiger partial charge in [0.1, 0.15) is 0 Å². The fourth-order valence-corrected chi connectivity index (χ4v) is 2.98. The van der Waals surface area contributed by atoms with Crippen molar-refractivity contribution in [3.8, 4) is 0 Å². The molecule has 0 saturated heterocycles. The maximum Gasteiger partial charge on any atom is 0.226 e. The highest BCUT2D eigenvalue weighted by Gasteiger charge is 2.05. The van der Waals surface area contributed by atoms with Crippen molar-refractivity contribution in [2.24, 2.45) is 4.99 Å². The largest absolute Gasteiger partial charge is 0.356 e. The lowest BCUT2D eigenvalue weighted by Crippen LogP contribution is -2.38. The van der Waals surface area contributed by atoms with Crippen molar-refractivity contribution in [2.45, 2.75) is 40.0 Å². The van der Waals surface area contributed by atoms with Crippen LogP contribution >= 0.6 is 11.3 Å². The molecule has 0 spiro atoms. The van der Waals surface area contributed by atoms with E-state index >= 15 is 0 Å². The van der Waals surface area contributed by atoms with Gasteiger partial charge in [-0.3, -0.25) is 4.99 Å². The number of hydrogen-bond acceptors (Lipinski definition) is 6. The van der Waals surface area contributed by atoms with Gasteiger partial charge in [0.25, 0.3) is 0 Å². The van der Waals surface area contributed by atoms with E-state index in [1.807, 2.05) is 13.8 Å². The Balaban J connectivity index is 1.63. The second-order valence-corrected chi connectivity index (χ2v) is 6.55. The molecule has 2 aromatic rings. The zero-order valence-corrected chi connectivity index (χ0v) is 15.0. The predicted octanol–water partition coefficient (Wildman–Crippen LogP) is 1.79. The fraction of sp³-hybridized carbons (Fsp3) is 0.600. The minimum Gasteiger partial charge on any atom is -0.356 e. The predicted molar refractivity (Wildman–Crippen MR) is 92.0 cm³/mol. The van der Waals surface area contributed by atoms with E-state index < -0.39 is 0 Å². The average molecular weight is 336 g/mol. The van der Waals surface area contributed by atoms with Gasteiger partial charge in [0, 0.05) is 37.9 Å². The Bertz CT molecular complexity index is 629. The van der Waals surface area contributed by atoms with Crippen LogP contribution in [-0.4, -0.2) is 41.2 Å². The van der Waals surface area contributed by atoms with Crippen molar-refractivity contribution in [1.82, 2.24) is 25.8 Å². The second kappa shape index (κ2) is 8.61. The molecule has 0 saturated carbocycles. The van der Waals surface area contributed by atoms with E-state index in [9.17, 15) is 0 Å². The highest BCUT2D eigenvalue weighted by molar-refractivity contribution is 7.11. The second-order valence-electron chi connectivity index (χ2n) is 5.26. The van der Waals surface area contributed by atoms with Crippen molar-refractivity contribution in [1.29, 1.82) is 0 Å². The number of guanidine groups is 1. The summed E-state index contributed by atoms with van der Waals surface area (Å²) in [4.78, 5) is 14.2. The summed E-state index contributed by atoms with van der Waals surface area (Å²) in [6.07, 6.45) is 2.58. The Hall–Kier alpha value is -1.96. The number of nitrogens with zero attached hydrogens (tertiary/aromatic N) is 4. The number of hydrogen-bond donors (Lipinski definition) is 2. The maximum absolute atomic E-state index is 5.08. The molecule has 2 aromatic heterocycles. The van der Waals surface area contributed by atoms with E-state index in [1.54, 1.807) is 18.4 Å². The molecule has 126 valence electrons. The SMILES string of the molecule is CN=C(NCCCc1nc(C)no1)NCCc1nc(C)c(C)s1. The van der Waals surface area contributed by atoms with E-state index in [2.05, 4.69) is 37.7 Å². The smallest absolute Gasteiger partial charge is 0.226 e. The molecule has 0 radical (unpaired) electrons. The van der Waals surface area contributed by atoms with Gasteiger partial charge in [0.05, 0.1) is 10.7 Å². The first-order valence-electron chi connectivity index (χ1n) is 7.75. The minimum absolute atomic E-state index is 0.679. The lowest BCUT2D eigenvalue weighted by molar-refractivity contribution is 0.372. The topological polar surface area (TPSA) is 88.2 Å². The Morgan fingerprint density at radius 2 is 1.91 bits per heavy atom. The molecule has 0 fully saturated rings. The number of aliphatic imine (C=N–C) groups is 1. The number of thiazole rings is 1. The van der Waals surface area contributed by atoms with Crippen LogP contribution in [0.25, 0.3) is 0 Å². The number of aromatic nitrogens is 3. The highest BCUT2D eigenvalue weighted by atomic mass is 32.1. The summed E-state index contributed by atoms with van der Waals surface area (Å²) < 4.78 is 5.08. The summed E-state index contributed by atoms with van der Waals surface area (Å²) in [6, 6.07) is 0. The molecule has 0 aromatic carbocycles. The van der Waals surface area contributed by atoms with E-state index in [0.29, 0.717) is 11.7 Å². The molecule has 0 aliphatic heterocycles. The van der Waals surface area contributed by atoms with Gasteiger partial charge in [0.15, 0.2) is 11.8 Å². The molecule has 0 unspecified atom stereocenters. The maximum atomic E-state index is 5.08. The zero-order valence-electron chi connectivity index (χ0n) is 14.1. The Labute approximate surface area is 140 Å². The number of aryl methyl sites for hydroxylation is 4. The van der Waals surface area contributed by atoms with Crippen molar-refractivity contribution in [3.05, 3.63) is 27.3 Å². The van der Waals surface area contributed by atoms with E-state index in [4.69, 9.17) is 4.52 Å². The average Bonchev–Trinajstić information content (AvgIpc) is 3.07. The van der Waals surface area contributed by atoms with Crippen molar-refractivity contribution in [3.63, 3.8) is 0 Å². The van der Waals surface area contributed by atoms with Crippen LogP contribution in [0.1, 0.15) is 33.7 Å². The van der Waals surface area contributed by atoms with Gasteiger partial charge < -0.3 is 15.2 Å². The summed E-state index contributed by atoms with van der Waals surface area (Å²) in [6.45, 7) is 7.59. The van der Waals surface area contributed by atoms with Crippen LogP contribution in [0.3, 0.4) is 0 Å². The zero-order chi connectivity index (χ0) is 16.7. The highest BCUT2D eigenvalue weighted by Crippen LogP contribution is 2.16. The third-order valence-corrected chi connectivity index (χ3v) is 4.49. The Morgan fingerprint density at radius 3 is 2.52 bits per heavy atom. The molecule has 7 nitrogen and oxygen atoms in total. The van der Waals surface area contributed by atoms with Gasteiger partial charge in [-0.05, 0) is 27.2 Å². The van der Waals surface area contributed by atoms with Crippen LogP contribution in [0.2, 0.25) is 0 Å². The first kappa shape index (κ1) is 17.4. The molecular formula is C15H24N6OS. The summed E-state index contributed by atoms with van der Waals surface area (Å²) in [5.74, 6) is 2.16. The molecule has 2 N–H and O–H groups in total. The molecular weight excluding hydrogens is 312 g/mol. The van der Waals surface area contributed by atoms with E-state index in [0.717, 1.165) is 49.0 Å². The third kappa shape index (κ3) is 5.63. The monoisotopic (exact) mass is 336 g/mol. The van der Waals surface area contributed by atoms with Gasteiger partial charge >= 0.3 is 0 Å². The molecule has 8 heteroatoms. The first-order chi connectivity index (χ1) is 11.1. The molecule has 0 amide bonds. The van der Waals surface area contributed by atoms with Crippen molar-refractivity contribution < 1.29 is 4.52 Å². The normalized spacial score (nSPS) is 11.7. The van der Waals surface area contributed by atoms with Gasteiger partial charge in [-0.2, -0.15) is 4.98 Å². The molecule has 0 aliphatic rings. The molecule has 0 aliphatic carbocycles. The number of nitrogens with one attached hydrogen (secondary N) is 2. The molecule has 23 heavy (non-hydrogen) atoms. The summed E-state index contributed by atoms with van der Waals surface area (Å²) in [5, 5.41) is 11.5. The summed E-state index contributed by atoms with van der Waals surface area (Å²) in [5.41, 5.74) is 1.13. The van der Waals surface area contributed by atoms with Crippen LogP contribution in [-0.2, 0) is 12.8 Å². The molecule has 2 heterocycles. The number of rotatable bonds is 7. The molecule has 2 rings (SSSR count). The van der Waals surface area contributed by atoms with Gasteiger partial charge in [-0.25, -0.2) is 4.98 Å². The summed E-state index contributed by atoms with van der Waals surface area (Å²) >= 11 is 1.76. The first-order valence-corrected chi connectivity index (χ1v) is 8.56. The van der Waals surface area contributed by atoms with Crippen LogP contribution in [0.4, 0.5) is 0 Å². The Kier molecular flexibility index (Phi) is 6.52. The van der Waals surface area contributed by atoms with E-state index in [1.165, 1.54) is 4.88 Å². The molecule has 0 atom stereocenters. The Morgan fingerprint density at radius 1 is 1.13 bits per heavy atom. The van der Waals surface area contributed by atoms with Crippen LogP contribution in [0.15, 0.2) is 9.52 Å². The molecule has 0 bridgehead atoms. The van der Waals surface area contributed by atoms with Crippen LogP contribution in [0, 0.1) is 20.8 Å². The quantitative estimate of drug-likeness (QED) is 0.455. The van der Waals surface area contributed by atoms with Gasteiger partial charge in [-0.1, -0.05) is 5.16 Å². The lowest BCUT2D eigenvalue weighted by atomic mass is 10.3. The van der Waals surface area contributed by atoms with E-state index in [-0.39, 0.29) is 0 Å². The van der Waals surface area contributed by atoms with Crippen LogP contribution < -0.4 is 10.6 Å². The minimum atomic E-state index is 0.679. The third-order valence-electron chi connectivity index (χ3n) is 3.36. The van der Waals surface area contributed by atoms with Gasteiger partial charge in [0.2, 0.25) is 5.89 Å². The van der Waals surface area contributed by atoms with Crippen LogP contribution in [0.5, 0.6) is 0 Å². The van der Waals surface area contributed by atoms with Crippen molar-refractivity contribution in [2.75, 3.05) is 20.1 Å².